The molecule has 0 saturated heterocycles. The zero-order valence-electron chi connectivity index (χ0n) is 9.49. The van der Waals surface area contributed by atoms with E-state index in [-0.39, 0.29) is 0 Å². The van der Waals surface area contributed by atoms with E-state index in [2.05, 4.69) is 6.92 Å². The van der Waals surface area contributed by atoms with Crippen molar-refractivity contribution < 1.29 is 4.74 Å². The predicted octanol–water partition coefficient (Wildman–Crippen LogP) is 2.97. The zero-order chi connectivity index (χ0) is 10.9. The molecule has 2 nitrogen and oxygen atoms in total. The molecule has 1 aromatic carbocycles. The fraction of sp³-hybridized carbons (Fsp3) is 0.538. The van der Waals surface area contributed by atoms with Crippen LogP contribution in [0.5, 0.6) is 5.75 Å². The molecular weight excluding hydrogens is 186 g/mol. The molecule has 0 aliphatic carbocycles. The monoisotopic (exact) mass is 207 g/mol. The molecule has 15 heavy (non-hydrogen) atoms. The minimum absolute atomic E-state index is 0.333. The van der Waals surface area contributed by atoms with E-state index in [4.69, 9.17) is 10.5 Å². The minimum atomic E-state index is 0.333. The maximum absolute atomic E-state index is 5.67. The van der Waals surface area contributed by atoms with Gasteiger partial charge in [0.05, 0.1) is 6.61 Å². The van der Waals surface area contributed by atoms with E-state index in [0.29, 0.717) is 6.04 Å². The first-order valence-electron chi connectivity index (χ1n) is 5.72. The van der Waals surface area contributed by atoms with Crippen LogP contribution in [0.15, 0.2) is 30.3 Å². The van der Waals surface area contributed by atoms with Crippen LogP contribution in [0.2, 0.25) is 0 Å². The molecule has 0 amide bonds. The second-order valence-electron chi connectivity index (χ2n) is 3.99. The average Bonchev–Trinajstić information content (AvgIpc) is 2.24. The fourth-order valence-corrected chi connectivity index (χ4v) is 1.45. The first kappa shape index (κ1) is 12.1. The summed E-state index contributed by atoms with van der Waals surface area (Å²) in [5.74, 6) is 0.963. The Kier molecular flexibility index (Phi) is 5.86. The van der Waals surface area contributed by atoms with Crippen molar-refractivity contribution in [3.05, 3.63) is 30.3 Å². The number of para-hydroxylation sites is 1. The highest BCUT2D eigenvalue weighted by molar-refractivity contribution is 5.20. The topological polar surface area (TPSA) is 35.2 Å². The molecule has 0 bridgehead atoms. The van der Waals surface area contributed by atoms with Gasteiger partial charge < -0.3 is 10.5 Å². The highest BCUT2D eigenvalue weighted by Gasteiger charge is 1.95. The van der Waals surface area contributed by atoms with Gasteiger partial charge in [-0.3, -0.25) is 0 Å². The third kappa shape index (κ3) is 6.13. The molecule has 1 unspecified atom stereocenters. The Morgan fingerprint density at radius 2 is 1.87 bits per heavy atom. The predicted molar refractivity (Wildman–Crippen MR) is 64.1 cm³/mol. The first-order chi connectivity index (χ1) is 7.29. The molecule has 0 spiro atoms. The van der Waals surface area contributed by atoms with Crippen molar-refractivity contribution in [2.24, 2.45) is 5.73 Å². The molecule has 0 aromatic heterocycles. The molecule has 84 valence electrons. The second kappa shape index (κ2) is 7.30. The van der Waals surface area contributed by atoms with Crippen molar-refractivity contribution in [2.45, 2.75) is 38.6 Å². The Morgan fingerprint density at radius 3 is 2.53 bits per heavy atom. The van der Waals surface area contributed by atoms with Crippen molar-refractivity contribution in [1.82, 2.24) is 0 Å². The molecule has 2 N–H and O–H groups in total. The van der Waals surface area contributed by atoms with Crippen LogP contribution in [0.3, 0.4) is 0 Å². The smallest absolute Gasteiger partial charge is 0.119 e. The standard InChI is InChI=1S/C13H21NO/c1-12(14)8-4-3-7-11-15-13-9-5-2-6-10-13/h2,5-6,9-10,12H,3-4,7-8,11,14H2,1H3. The molecule has 1 aromatic rings. The Morgan fingerprint density at radius 1 is 1.13 bits per heavy atom. The van der Waals surface area contributed by atoms with Crippen molar-refractivity contribution >= 4 is 0 Å². The van der Waals surface area contributed by atoms with Gasteiger partial charge in [0.25, 0.3) is 0 Å². The maximum Gasteiger partial charge on any atom is 0.119 e. The van der Waals surface area contributed by atoms with E-state index in [1.807, 2.05) is 30.3 Å². The van der Waals surface area contributed by atoms with Gasteiger partial charge in [-0.15, -0.1) is 0 Å². The third-order valence-electron chi connectivity index (χ3n) is 2.32. The summed E-state index contributed by atoms with van der Waals surface area (Å²) in [6.45, 7) is 2.86. The molecule has 0 fully saturated rings. The summed E-state index contributed by atoms with van der Waals surface area (Å²) in [5, 5.41) is 0. The lowest BCUT2D eigenvalue weighted by Crippen LogP contribution is -2.14. The Hall–Kier alpha value is -1.02. The zero-order valence-corrected chi connectivity index (χ0v) is 9.49. The van der Waals surface area contributed by atoms with Gasteiger partial charge >= 0.3 is 0 Å². The van der Waals surface area contributed by atoms with E-state index in [0.717, 1.165) is 25.2 Å². The SMILES string of the molecule is CC(N)CCCCCOc1ccccc1. The number of benzene rings is 1. The van der Waals surface area contributed by atoms with Crippen LogP contribution in [0.1, 0.15) is 32.6 Å². The number of ether oxygens (including phenoxy) is 1. The Labute approximate surface area is 92.4 Å². The summed E-state index contributed by atoms with van der Waals surface area (Å²) >= 11 is 0. The largest absolute Gasteiger partial charge is 0.494 e. The van der Waals surface area contributed by atoms with Crippen LogP contribution in [-0.2, 0) is 0 Å². The normalized spacial score (nSPS) is 12.4. The Balaban J connectivity index is 1.98. The van der Waals surface area contributed by atoms with Gasteiger partial charge in [-0.25, -0.2) is 0 Å². The van der Waals surface area contributed by atoms with Crippen LogP contribution >= 0.6 is 0 Å². The van der Waals surface area contributed by atoms with Gasteiger partial charge in [0.1, 0.15) is 5.75 Å². The maximum atomic E-state index is 5.67. The first-order valence-corrected chi connectivity index (χ1v) is 5.72. The summed E-state index contributed by atoms with van der Waals surface area (Å²) in [7, 11) is 0. The van der Waals surface area contributed by atoms with Crippen molar-refractivity contribution in [3.8, 4) is 5.75 Å². The molecule has 0 saturated carbocycles. The van der Waals surface area contributed by atoms with Crippen molar-refractivity contribution in [3.63, 3.8) is 0 Å². The van der Waals surface area contributed by atoms with Gasteiger partial charge in [-0.05, 0) is 31.9 Å². The number of hydrogen-bond donors (Lipinski definition) is 1. The number of rotatable bonds is 7. The van der Waals surface area contributed by atoms with E-state index in [9.17, 15) is 0 Å². The molecule has 0 aliphatic heterocycles. The van der Waals surface area contributed by atoms with E-state index < -0.39 is 0 Å². The molecule has 0 radical (unpaired) electrons. The quantitative estimate of drug-likeness (QED) is 0.698. The lowest BCUT2D eigenvalue weighted by Gasteiger charge is -2.06. The summed E-state index contributed by atoms with van der Waals surface area (Å²) < 4.78 is 5.58. The van der Waals surface area contributed by atoms with Crippen molar-refractivity contribution in [2.75, 3.05) is 6.61 Å². The van der Waals surface area contributed by atoms with Crippen LogP contribution in [0.4, 0.5) is 0 Å². The van der Waals surface area contributed by atoms with Crippen molar-refractivity contribution in [1.29, 1.82) is 0 Å². The van der Waals surface area contributed by atoms with Gasteiger partial charge in [0, 0.05) is 6.04 Å². The number of hydrogen-bond acceptors (Lipinski definition) is 2. The minimum Gasteiger partial charge on any atom is -0.494 e. The highest BCUT2D eigenvalue weighted by atomic mass is 16.5. The van der Waals surface area contributed by atoms with Gasteiger partial charge in [-0.2, -0.15) is 0 Å². The second-order valence-corrected chi connectivity index (χ2v) is 3.99. The molecule has 0 aliphatic rings. The van der Waals surface area contributed by atoms with Crippen LogP contribution in [-0.4, -0.2) is 12.6 Å². The average molecular weight is 207 g/mol. The summed E-state index contributed by atoms with van der Waals surface area (Å²) in [6, 6.07) is 10.3. The van der Waals surface area contributed by atoms with E-state index >= 15 is 0 Å². The summed E-state index contributed by atoms with van der Waals surface area (Å²) in [6.07, 6.45) is 4.64. The van der Waals surface area contributed by atoms with Gasteiger partial charge in [0.2, 0.25) is 0 Å². The van der Waals surface area contributed by atoms with E-state index in [1.54, 1.807) is 0 Å². The Bertz CT molecular complexity index is 246. The van der Waals surface area contributed by atoms with Crippen LogP contribution in [0, 0.1) is 0 Å². The van der Waals surface area contributed by atoms with Gasteiger partial charge in [0.15, 0.2) is 0 Å². The highest BCUT2D eigenvalue weighted by Crippen LogP contribution is 2.09. The molecule has 1 atom stereocenters. The molecule has 2 heteroatoms. The summed E-state index contributed by atoms with van der Waals surface area (Å²) in [4.78, 5) is 0. The van der Waals surface area contributed by atoms with Gasteiger partial charge in [-0.1, -0.05) is 31.0 Å². The molecular formula is C13H21NO. The molecule has 0 heterocycles. The van der Waals surface area contributed by atoms with E-state index in [1.165, 1.54) is 12.8 Å². The summed E-state index contributed by atoms with van der Waals surface area (Å²) in [5.41, 5.74) is 5.67. The molecule has 1 rings (SSSR count). The lowest BCUT2D eigenvalue weighted by atomic mass is 10.1. The number of unbranched alkanes of at least 4 members (excludes halogenated alkanes) is 2. The fourth-order valence-electron chi connectivity index (χ4n) is 1.45. The lowest BCUT2D eigenvalue weighted by molar-refractivity contribution is 0.304. The third-order valence-corrected chi connectivity index (χ3v) is 2.32. The number of nitrogens with two attached hydrogens (primary N) is 1. The van der Waals surface area contributed by atoms with Crippen LogP contribution in [0.25, 0.3) is 0 Å². The van der Waals surface area contributed by atoms with Crippen LogP contribution < -0.4 is 10.5 Å².